The van der Waals surface area contributed by atoms with Gasteiger partial charge < -0.3 is 15.0 Å². The van der Waals surface area contributed by atoms with E-state index in [-0.39, 0.29) is 24.3 Å². The predicted octanol–water partition coefficient (Wildman–Crippen LogP) is 1.21. The zero-order chi connectivity index (χ0) is 14.4. The van der Waals surface area contributed by atoms with Crippen LogP contribution in [0, 0.1) is 5.82 Å². The van der Waals surface area contributed by atoms with Crippen LogP contribution in [0.5, 0.6) is 0 Å². The molecule has 1 atom stereocenters. The normalized spacial score (nSPS) is 17.0. The number of morpholine rings is 1. The number of carbonyl (C=O) groups is 1. The third kappa shape index (κ3) is 4.28. The van der Waals surface area contributed by atoms with Crippen molar-refractivity contribution in [3.63, 3.8) is 0 Å². The minimum absolute atomic E-state index is 0.0527. The molecule has 1 N–H and O–H groups in total. The molecule has 1 amide bonds. The van der Waals surface area contributed by atoms with Gasteiger partial charge >= 0.3 is 0 Å². The summed E-state index contributed by atoms with van der Waals surface area (Å²) < 4.78 is 18.7. The summed E-state index contributed by atoms with van der Waals surface area (Å²) in [6.45, 7) is 4.77. The van der Waals surface area contributed by atoms with Crippen molar-refractivity contribution in [1.82, 2.24) is 10.2 Å². The molecule has 0 aliphatic carbocycles. The highest BCUT2D eigenvalue weighted by atomic mass is 19.1. The molecule has 20 heavy (non-hydrogen) atoms. The van der Waals surface area contributed by atoms with E-state index in [0.717, 1.165) is 0 Å². The SMILES string of the molecule is CC(Cc1ccccc1F)NCC(=O)N1CCOCC1. The summed E-state index contributed by atoms with van der Waals surface area (Å²) in [5.41, 5.74) is 0.673. The number of ether oxygens (including phenoxy) is 1. The summed E-state index contributed by atoms with van der Waals surface area (Å²) >= 11 is 0. The molecule has 1 aliphatic rings. The van der Waals surface area contributed by atoms with E-state index in [1.807, 2.05) is 13.0 Å². The van der Waals surface area contributed by atoms with E-state index >= 15 is 0 Å². The van der Waals surface area contributed by atoms with E-state index in [4.69, 9.17) is 4.74 Å². The fourth-order valence-electron chi connectivity index (χ4n) is 2.25. The molecule has 0 radical (unpaired) electrons. The highest BCUT2D eigenvalue weighted by Gasteiger charge is 2.17. The fourth-order valence-corrected chi connectivity index (χ4v) is 2.25. The highest BCUT2D eigenvalue weighted by Crippen LogP contribution is 2.09. The average Bonchev–Trinajstić information content (AvgIpc) is 2.48. The lowest BCUT2D eigenvalue weighted by atomic mass is 10.1. The van der Waals surface area contributed by atoms with Crippen LogP contribution >= 0.6 is 0 Å². The molecule has 5 heteroatoms. The van der Waals surface area contributed by atoms with Gasteiger partial charge in [-0.15, -0.1) is 0 Å². The van der Waals surface area contributed by atoms with Gasteiger partial charge in [-0.05, 0) is 25.0 Å². The molecule has 1 aromatic rings. The lowest BCUT2D eigenvalue weighted by Crippen LogP contribution is -2.46. The number of benzene rings is 1. The number of hydrogen-bond donors (Lipinski definition) is 1. The topological polar surface area (TPSA) is 41.6 Å². The van der Waals surface area contributed by atoms with E-state index in [9.17, 15) is 9.18 Å². The molecule has 110 valence electrons. The van der Waals surface area contributed by atoms with Crippen LogP contribution in [0.25, 0.3) is 0 Å². The minimum atomic E-state index is -0.194. The Hall–Kier alpha value is -1.46. The predicted molar refractivity (Wildman–Crippen MR) is 75.0 cm³/mol. The molecular weight excluding hydrogens is 259 g/mol. The summed E-state index contributed by atoms with van der Waals surface area (Å²) in [7, 11) is 0. The number of amides is 1. The van der Waals surface area contributed by atoms with Gasteiger partial charge in [-0.25, -0.2) is 4.39 Å². The quantitative estimate of drug-likeness (QED) is 0.881. The molecular formula is C15H21FN2O2. The van der Waals surface area contributed by atoms with E-state index in [2.05, 4.69) is 5.32 Å². The van der Waals surface area contributed by atoms with Gasteiger partial charge in [-0.1, -0.05) is 18.2 Å². The third-order valence-corrected chi connectivity index (χ3v) is 3.45. The minimum Gasteiger partial charge on any atom is -0.378 e. The van der Waals surface area contributed by atoms with Crippen molar-refractivity contribution in [2.75, 3.05) is 32.8 Å². The Bertz CT molecular complexity index is 447. The Morgan fingerprint density at radius 1 is 1.40 bits per heavy atom. The average molecular weight is 280 g/mol. The van der Waals surface area contributed by atoms with Crippen molar-refractivity contribution < 1.29 is 13.9 Å². The van der Waals surface area contributed by atoms with Gasteiger partial charge in [0, 0.05) is 19.1 Å². The number of hydrogen-bond acceptors (Lipinski definition) is 3. The van der Waals surface area contributed by atoms with Crippen LogP contribution in [-0.4, -0.2) is 49.7 Å². The van der Waals surface area contributed by atoms with Crippen molar-refractivity contribution in [2.45, 2.75) is 19.4 Å². The van der Waals surface area contributed by atoms with Gasteiger partial charge in [-0.2, -0.15) is 0 Å². The summed E-state index contributed by atoms with van der Waals surface area (Å²) in [4.78, 5) is 13.8. The van der Waals surface area contributed by atoms with Crippen molar-refractivity contribution in [1.29, 1.82) is 0 Å². The molecule has 1 fully saturated rings. The molecule has 1 aromatic carbocycles. The van der Waals surface area contributed by atoms with Gasteiger partial charge in [0.15, 0.2) is 0 Å². The van der Waals surface area contributed by atoms with Crippen LogP contribution in [0.15, 0.2) is 24.3 Å². The monoisotopic (exact) mass is 280 g/mol. The summed E-state index contributed by atoms with van der Waals surface area (Å²) in [5, 5.41) is 3.16. The van der Waals surface area contributed by atoms with Crippen LogP contribution in [0.4, 0.5) is 4.39 Å². The Labute approximate surface area is 118 Å². The number of rotatable bonds is 5. The number of nitrogens with zero attached hydrogens (tertiary/aromatic N) is 1. The third-order valence-electron chi connectivity index (χ3n) is 3.45. The summed E-state index contributed by atoms with van der Waals surface area (Å²) in [6, 6.07) is 6.79. The van der Waals surface area contributed by atoms with Crippen LogP contribution in [0.1, 0.15) is 12.5 Å². The van der Waals surface area contributed by atoms with E-state index in [1.54, 1.807) is 17.0 Å². The van der Waals surface area contributed by atoms with Gasteiger partial charge in [0.25, 0.3) is 0 Å². The molecule has 1 saturated heterocycles. The zero-order valence-electron chi connectivity index (χ0n) is 11.8. The van der Waals surface area contributed by atoms with Crippen molar-refractivity contribution in [3.05, 3.63) is 35.6 Å². The Balaban J connectivity index is 1.76. The maximum absolute atomic E-state index is 13.5. The van der Waals surface area contributed by atoms with Crippen LogP contribution in [0.2, 0.25) is 0 Å². The fraction of sp³-hybridized carbons (Fsp3) is 0.533. The lowest BCUT2D eigenvalue weighted by Gasteiger charge is -2.27. The number of carbonyl (C=O) groups excluding carboxylic acids is 1. The molecule has 0 saturated carbocycles. The standard InChI is InChI=1S/C15H21FN2O2/c1-12(10-13-4-2-3-5-14(13)16)17-11-15(19)18-6-8-20-9-7-18/h2-5,12,17H,6-11H2,1H3. The van der Waals surface area contributed by atoms with Crippen molar-refractivity contribution in [2.24, 2.45) is 0 Å². The van der Waals surface area contributed by atoms with Crippen molar-refractivity contribution >= 4 is 5.91 Å². The molecule has 0 bridgehead atoms. The maximum Gasteiger partial charge on any atom is 0.236 e. The molecule has 2 rings (SSSR count). The smallest absolute Gasteiger partial charge is 0.236 e. The van der Waals surface area contributed by atoms with Gasteiger partial charge in [0.2, 0.25) is 5.91 Å². The Morgan fingerprint density at radius 3 is 2.80 bits per heavy atom. The number of halogens is 1. The second-order valence-corrected chi connectivity index (χ2v) is 5.07. The molecule has 1 aliphatic heterocycles. The Morgan fingerprint density at radius 2 is 2.10 bits per heavy atom. The number of nitrogens with one attached hydrogen (secondary N) is 1. The zero-order valence-corrected chi connectivity index (χ0v) is 11.8. The molecule has 1 heterocycles. The summed E-state index contributed by atoms with van der Waals surface area (Å²) in [5.74, 6) is -0.116. The van der Waals surface area contributed by atoms with Crippen LogP contribution in [-0.2, 0) is 16.0 Å². The summed E-state index contributed by atoms with van der Waals surface area (Å²) in [6.07, 6.45) is 0.572. The van der Waals surface area contributed by atoms with Crippen LogP contribution in [0.3, 0.4) is 0 Å². The molecule has 4 nitrogen and oxygen atoms in total. The molecule has 1 unspecified atom stereocenters. The van der Waals surface area contributed by atoms with E-state index in [1.165, 1.54) is 6.07 Å². The van der Waals surface area contributed by atoms with E-state index < -0.39 is 0 Å². The first-order valence-corrected chi connectivity index (χ1v) is 6.99. The first kappa shape index (κ1) is 14.9. The molecule has 0 aromatic heterocycles. The second kappa shape index (κ2) is 7.36. The Kier molecular flexibility index (Phi) is 5.49. The van der Waals surface area contributed by atoms with Gasteiger partial charge in [0.05, 0.1) is 19.8 Å². The first-order chi connectivity index (χ1) is 9.66. The lowest BCUT2D eigenvalue weighted by molar-refractivity contribution is -0.134. The highest BCUT2D eigenvalue weighted by molar-refractivity contribution is 5.78. The van der Waals surface area contributed by atoms with Gasteiger partial charge in [0.1, 0.15) is 5.82 Å². The largest absolute Gasteiger partial charge is 0.378 e. The first-order valence-electron chi connectivity index (χ1n) is 6.99. The van der Waals surface area contributed by atoms with Crippen molar-refractivity contribution in [3.8, 4) is 0 Å². The maximum atomic E-state index is 13.5. The van der Waals surface area contributed by atoms with E-state index in [0.29, 0.717) is 38.3 Å². The molecule has 0 spiro atoms. The van der Waals surface area contributed by atoms with Crippen LogP contribution < -0.4 is 5.32 Å². The second-order valence-electron chi connectivity index (χ2n) is 5.07. The van der Waals surface area contributed by atoms with Gasteiger partial charge in [-0.3, -0.25) is 4.79 Å².